The molecule has 2 unspecified atom stereocenters. The number of aliphatic hydroxyl groups excluding tert-OH is 1. The highest BCUT2D eigenvalue weighted by molar-refractivity contribution is 7.89. The van der Waals surface area contributed by atoms with Crippen molar-refractivity contribution < 1.29 is 37.3 Å². The molecule has 1 heterocycles. The van der Waals surface area contributed by atoms with E-state index in [0.717, 1.165) is 5.56 Å². The highest BCUT2D eigenvalue weighted by Gasteiger charge is 2.34. The smallest absolute Gasteiger partial charge is 0.243 e. The van der Waals surface area contributed by atoms with Gasteiger partial charge in [0.15, 0.2) is 11.5 Å². The van der Waals surface area contributed by atoms with Crippen molar-refractivity contribution in [1.82, 2.24) is 20.3 Å². The number of ether oxygens (including phenoxy) is 3. The molecule has 2 amide bonds. The number of aliphatic hydroxyl groups is 1. The fourth-order valence-electron chi connectivity index (χ4n) is 4.93. The van der Waals surface area contributed by atoms with Gasteiger partial charge in [-0.2, -0.15) is 4.31 Å². The number of nitrogens with one attached hydrogen (secondary N) is 3. The summed E-state index contributed by atoms with van der Waals surface area (Å²) in [4.78, 5) is 26.4. The van der Waals surface area contributed by atoms with Gasteiger partial charge < -0.3 is 35.3 Å². The zero-order valence-corrected chi connectivity index (χ0v) is 27.6. The van der Waals surface area contributed by atoms with Crippen molar-refractivity contribution in [1.29, 1.82) is 0 Å². The quantitative estimate of drug-likeness (QED) is 0.167. The Hall–Kier alpha value is -3.23. The first-order valence-corrected chi connectivity index (χ1v) is 16.8. The molecule has 250 valence electrons. The van der Waals surface area contributed by atoms with Crippen LogP contribution in [0, 0.1) is 11.8 Å². The molecule has 1 aliphatic heterocycles. The molecule has 13 heteroatoms. The Morgan fingerprint density at radius 2 is 1.73 bits per heavy atom. The lowest BCUT2D eigenvalue weighted by Crippen LogP contribution is -2.57. The lowest BCUT2D eigenvalue weighted by Gasteiger charge is -2.32. The molecule has 4 N–H and O–H groups in total. The fraction of sp³-hybridized carbons (Fsp3) is 0.562. The summed E-state index contributed by atoms with van der Waals surface area (Å²) in [6, 6.07) is 12.0. The van der Waals surface area contributed by atoms with E-state index in [2.05, 4.69) is 16.0 Å². The molecule has 0 fully saturated rings. The molecule has 2 aromatic carbocycles. The van der Waals surface area contributed by atoms with Crippen molar-refractivity contribution in [2.24, 2.45) is 11.8 Å². The van der Waals surface area contributed by atoms with Gasteiger partial charge in [0, 0.05) is 32.8 Å². The molecule has 45 heavy (non-hydrogen) atoms. The number of hydrogen-bond donors (Lipinski definition) is 4. The second-order valence-electron chi connectivity index (χ2n) is 11.7. The highest BCUT2D eigenvalue weighted by Crippen LogP contribution is 2.35. The summed E-state index contributed by atoms with van der Waals surface area (Å²) in [6.45, 7) is 8.40. The number of carbonyl (C=O) groups excluding carboxylic acids is 2. The summed E-state index contributed by atoms with van der Waals surface area (Å²) in [6.07, 6.45) is -0.412. The number of amides is 2. The summed E-state index contributed by atoms with van der Waals surface area (Å²) in [5.41, 5.74) is 0.849. The van der Waals surface area contributed by atoms with Crippen LogP contribution in [0.4, 0.5) is 0 Å². The average Bonchev–Trinajstić information content (AvgIpc) is 3.49. The Morgan fingerprint density at radius 1 is 1.02 bits per heavy atom. The molecule has 0 aliphatic carbocycles. The van der Waals surface area contributed by atoms with Crippen LogP contribution in [0.25, 0.3) is 0 Å². The Bertz CT molecular complexity index is 1340. The van der Waals surface area contributed by atoms with Crippen molar-refractivity contribution >= 4 is 21.8 Å². The zero-order valence-electron chi connectivity index (χ0n) is 26.8. The van der Waals surface area contributed by atoms with Gasteiger partial charge in [-0.25, -0.2) is 8.42 Å². The third-order valence-corrected chi connectivity index (χ3v) is 9.44. The Morgan fingerprint density at radius 3 is 2.40 bits per heavy atom. The van der Waals surface area contributed by atoms with Gasteiger partial charge in [0.1, 0.15) is 6.04 Å². The highest BCUT2D eigenvalue weighted by atomic mass is 32.2. The van der Waals surface area contributed by atoms with Crippen LogP contribution >= 0.6 is 0 Å². The molecule has 1 aliphatic rings. The van der Waals surface area contributed by atoms with Crippen LogP contribution in [0.3, 0.4) is 0 Å². The molecule has 0 spiro atoms. The van der Waals surface area contributed by atoms with E-state index >= 15 is 0 Å². The number of carbonyl (C=O) groups is 2. The predicted molar refractivity (Wildman–Crippen MR) is 170 cm³/mol. The number of benzene rings is 2. The summed E-state index contributed by atoms with van der Waals surface area (Å²) >= 11 is 0. The van der Waals surface area contributed by atoms with Crippen LogP contribution in [-0.4, -0.2) is 94.5 Å². The van der Waals surface area contributed by atoms with E-state index in [1.54, 1.807) is 13.2 Å². The van der Waals surface area contributed by atoms with Gasteiger partial charge in [0.25, 0.3) is 0 Å². The number of sulfonamides is 1. The monoisotopic (exact) mass is 648 g/mol. The van der Waals surface area contributed by atoms with E-state index in [0.29, 0.717) is 31.1 Å². The summed E-state index contributed by atoms with van der Waals surface area (Å²) in [5.74, 6) is -0.253. The molecule has 4 atom stereocenters. The van der Waals surface area contributed by atoms with Crippen LogP contribution in [0.1, 0.15) is 39.7 Å². The first-order valence-electron chi connectivity index (χ1n) is 15.4. The fourth-order valence-corrected chi connectivity index (χ4v) is 6.56. The Kier molecular flexibility index (Phi) is 14.1. The zero-order chi connectivity index (χ0) is 33.0. The maximum atomic E-state index is 13.9. The Labute approximate surface area is 266 Å². The third-order valence-electron chi connectivity index (χ3n) is 7.61. The molecule has 0 radical (unpaired) electrons. The summed E-state index contributed by atoms with van der Waals surface area (Å²) in [7, 11) is -2.49. The van der Waals surface area contributed by atoms with Gasteiger partial charge in [0.2, 0.25) is 28.6 Å². The minimum Gasteiger partial charge on any atom is -0.454 e. The predicted octanol–water partition coefficient (Wildman–Crippen LogP) is 1.92. The van der Waals surface area contributed by atoms with Crippen molar-refractivity contribution in [3.05, 3.63) is 54.1 Å². The second-order valence-corrected chi connectivity index (χ2v) is 13.6. The van der Waals surface area contributed by atoms with E-state index in [4.69, 9.17) is 14.2 Å². The molecule has 0 saturated heterocycles. The van der Waals surface area contributed by atoms with Crippen molar-refractivity contribution in [2.75, 3.05) is 46.7 Å². The largest absolute Gasteiger partial charge is 0.454 e. The minimum absolute atomic E-state index is 0.0105. The molecule has 0 saturated carbocycles. The van der Waals surface area contributed by atoms with Gasteiger partial charge in [-0.1, -0.05) is 64.4 Å². The SMILES string of the molecule is CCC(C)[C@H](NC(=O)CNCCOC)C(=O)N[C@@H](Cc1ccccc1)C(O)CN(CC(C)C)S(=O)(=O)c1ccc2c(c1)OCO2. The molecular weight excluding hydrogens is 600 g/mol. The maximum Gasteiger partial charge on any atom is 0.243 e. The van der Waals surface area contributed by atoms with Crippen LogP contribution in [0.5, 0.6) is 11.5 Å². The van der Waals surface area contributed by atoms with E-state index in [-0.39, 0.29) is 55.5 Å². The average molecular weight is 649 g/mol. The van der Waals surface area contributed by atoms with Crippen LogP contribution in [0.15, 0.2) is 53.4 Å². The third kappa shape index (κ3) is 10.7. The maximum absolute atomic E-state index is 13.9. The molecule has 3 rings (SSSR count). The summed E-state index contributed by atoms with van der Waals surface area (Å²) < 4.78 is 44.7. The second kappa shape index (κ2) is 17.5. The van der Waals surface area contributed by atoms with E-state index in [9.17, 15) is 23.1 Å². The standard InChI is InChI=1S/C32H48N4O8S/c1-6-23(4)31(35-30(38)18-33-14-15-42-5)32(39)34-26(16-24-10-8-7-9-11-24)27(37)20-36(19-22(2)3)45(40,41)25-12-13-28-29(17-25)44-21-43-28/h7-13,17,22-23,26-27,31,33,37H,6,14-16,18-21H2,1-5H3,(H,34,39)(H,35,38)/t23?,26-,27?,31-/m0/s1. The molecule has 2 aromatic rings. The first-order chi connectivity index (χ1) is 21.5. The number of fused-ring (bicyclic) bond motifs is 1. The lowest BCUT2D eigenvalue weighted by molar-refractivity contribution is -0.131. The number of nitrogens with zero attached hydrogens (tertiary/aromatic N) is 1. The van der Waals surface area contributed by atoms with E-state index < -0.39 is 34.1 Å². The van der Waals surface area contributed by atoms with Gasteiger partial charge in [-0.3, -0.25) is 9.59 Å². The molecular formula is C32H48N4O8S. The van der Waals surface area contributed by atoms with Gasteiger partial charge in [0.05, 0.1) is 30.2 Å². The Balaban J connectivity index is 1.84. The molecule has 0 aromatic heterocycles. The topological polar surface area (TPSA) is 156 Å². The minimum atomic E-state index is -4.06. The van der Waals surface area contributed by atoms with Crippen LogP contribution < -0.4 is 25.4 Å². The molecule has 0 bridgehead atoms. The number of rotatable bonds is 19. The van der Waals surface area contributed by atoms with Crippen molar-refractivity contribution in [2.45, 2.75) is 63.6 Å². The van der Waals surface area contributed by atoms with E-state index in [1.807, 2.05) is 58.0 Å². The van der Waals surface area contributed by atoms with Crippen molar-refractivity contribution in [3.8, 4) is 11.5 Å². The summed E-state index contributed by atoms with van der Waals surface area (Å²) in [5, 5.41) is 20.4. The van der Waals surface area contributed by atoms with Crippen LogP contribution in [-0.2, 0) is 30.8 Å². The van der Waals surface area contributed by atoms with Crippen LogP contribution in [0.2, 0.25) is 0 Å². The lowest BCUT2D eigenvalue weighted by atomic mass is 9.96. The van der Waals surface area contributed by atoms with Crippen molar-refractivity contribution in [3.63, 3.8) is 0 Å². The number of methoxy groups -OCH3 is 1. The van der Waals surface area contributed by atoms with Gasteiger partial charge in [-0.05, 0) is 36.0 Å². The normalized spacial score (nSPS) is 15.5. The first kappa shape index (κ1) is 36.2. The van der Waals surface area contributed by atoms with E-state index in [1.165, 1.54) is 16.4 Å². The van der Waals surface area contributed by atoms with Gasteiger partial charge >= 0.3 is 0 Å². The van der Waals surface area contributed by atoms with Gasteiger partial charge in [-0.15, -0.1) is 0 Å². The molecule has 12 nitrogen and oxygen atoms in total. The number of hydrogen-bond acceptors (Lipinski definition) is 9.